The molecule has 0 spiro atoms. The number of esters is 1. The van der Waals surface area contributed by atoms with E-state index in [1.165, 1.54) is 4.90 Å². The first-order chi connectivity index (χ1) is 16.8. The molecule has 2 bridgehead atoms. The van der Waals surface area contributed by atoms with Gasteiger partial charge < -0.3 is 9.64 Å². The fraction of sp³-hybridized carbons (Fsp3) is 0.407. The van der Waals surface area contributed by atoms with Crippen molar-refractivity contribution in [1.82, 2.24) is 0 Å². The second-order valence-corrected chi connectivity index (χ2v) is 10.5. The molecule has 0 aromatic heterocycles. The number of benzene rings is 2. The molecule has 2 aromatic carbocycles. The molecule has 0 N–H and O–H groups in total. The van der Waals surface area contributed by atoms with Gasteiger partial charge in [-0.1, -0.05) is 23.7 Å². The zero-order valence-electron chi connectivity index (χ0n) is 19.3. The van der Waals surface area contributed by atoms with E-state index in [1.807, 2.05) is 13.0 Å². The third kappa shape index (κ3) is 3.47. The molecule has 0 unspecified atom stereocenters. The third-order valence-corrected chi connectivity index (χ3v) is 8.62. The largest absolute Gasteiger partial charge is 0.426 e. The summed E-state index contributed by atoms with van der Waals surface area (Å²) in [5.41, 5.74) is 1.89. The maximum absolute atomic E-state index is 13.1. The summed E-state index contributed by atoms with van der Waals surface area (Å²) in [4.78, 5) is 54.7. The Bertz CT molecular complexity index is 1250. The van der Waals surface area contributed by atoms with Gasteiger partial charge in [-0.3, -0.25) is 19.2 Å². The molecule has 6 rings (SSSR count). The highest BCUT2D eigenvalue weighted by Gasteiger charge is 2.61. The van der Waals surface area contributed by atoms with E-state index in [0.29, 0.717) is 28.2 Å². The summed E-state index contributed by atoms with van der Waals surface area (Å²) in [5.74, 6) is -1.15. The van der Waals surface area contributed by atoms with Crippen molar-refractivity contribution in [2.45, 2.75) is 32.6 Å². The van der Waals surface area contributed by atoms with Crippen LogP contribution in [0.3, 0.4) is 0 Å². The van der Waals surface area contributed by atoms with Crippen LogP contribution in [0.4, 0.5) is 11.4 Å². The Morgan fingerprint density at radius 2 is 1.69 bits per heavy atom. The van der Waals surface area contributed by atoms with Gasteiger partial charge >= 0.3 is 5.97 Å². The highest BCUT2D eigenvalue weighted by atomic mass is 35.5. The number of rotatable bonds is 4. The van der Waals surface area contributed by atoms with E-state index in [0.717, 1.165) is 24.8 Å². The fourth-order valence-corrected chi connectivity index (χ4v) is 6.71. The highest BCUT2D eigenvalue weighted by molar-refractivity contribution is 6.31. The molecule has 2 heterocycles. The molecule has 4 fully saturated rings. The molecule has 8 heteroatoms. The lowest BCUT2D eigenvalue weighted by atomic mass is 9.81. The number of imide groups is 1. The predicted molar refractivity (Wildman–Crippen MR) is 129 cm³/mol. The number of nitrogens with zero attached hydrogens (tertiary/aromatic N) is 2. The van der Waals surface area contributed by atoms with E-state index in [2.05, 4.69) is 0 Å². The van der Waals surface area contributed by atoms with Gasteiger partial charge in [-0.25, -0.2) is 4.90 Å². The first-order valence-electron chi connectivity index (χ1n) is 12.1. The topological polar surface area (TPSA) is 84.0 Å². The number of amides is 3. The van der Waals surface area contributed by atoms with Crippen LogP contribution in [0.15, 0.2) is 42.5 Å². The van der Waals surface area contributed by atoms with Gasteiger partial charge in [-0.05, 0) is 67.9 Å². The molecule has 3 amide bonds. The molecular weight excluding hydrogens is 468 g/mol. The van der Waals surface area contributed by atoms with Crippen molar-refractivity contribution in [1.29, 1.82) is 0 Å². The number of hydrogen-bond donors (Lipinski definition) is 0. The van der Waals surface area contributed by atoms with Crippen molar-refractivity contribution in [3.05, 3.63) is 53.1 Å². The van der Waals surface area contributed by atoms with Gasteiger partial charge in [0.1, 0.15) is 5.75 Å². The molecule has 2 aromatic rings. The van der Waals surface area contributed by atoms with Gasteiger partial charge in [-0.15, -0.1) is 0 Å². The normalized spacial score (nSPS) is 29.3. The van der Waals surface area contributed by atoms with Gasteiger partial charge in [-0.2, -0.15) is 0 Å². The Morgan fingerprint density at radius 1 is 1.00 bits per heavy atom. The van der Waals surface area contributed by atoms with Gasteiger partial charge in [0.15, 0.2) is 0 Å². The van der Waals surface area contributed by atoms with Crippen LogP contribution in [0.25, 0.3) is 0 Å². The lowest BCUT2D eigenvalue weighted by Crippen LogP contribution is -2.32. The Balaban J connectivity index is 1.17. The van der Waals surface area contributed by atoms with Gasteiger partial charge in [0.2, 0.25) is 17.7 Å². The quantitative estimate of drug-likeness (QED) is 0.364. The Kier molecular flexibility index (Phi) is 5.22. The van der Waals surface area contributed by atoms with Crippen molar-refractivity contribution in [3.8, 4) is 5.75 Å². The molecule has 4 aliphatic rings. The van der Waals surface area contributed by atoms with Crippen molar-refractivity contribution < 1.29 is 23.9 Å². The smallest absolute Gasteiger partial charge is 0.316 e. The van der Waals surface area contributed by atoms with Crippen LogP contribution in [0, 0.1) is 36.5 Å². The second-order valence-electron chi connectivity index (χ2n) is 10.1. The van der Waals surface area contributed by atoms with Crippen molar-refractivity contribution >= 4 is 46.7 Å². The summed E-state index contributed by atoms with van der Waals surface area (Å²) in [6, 6.07) is 11.9. The number of ether oxygens (including phenoxy) is 1. The second kappa shape index (κ2) is 8.19. The average Bonchev–Trinajstić information content (AvgIpc) is 3.59. The molecule has 35 heavy (non-hydrogen) atoms. The molecule has 2 aliphatic heterocycles. The predicted octanol–water partition coefficient (Wildman–Crippen LogP) is 4.14. The van der Waals surface area contributed by atoms with Crippen LogP contribution >= 0.6 is 11.6 Å². The maximum atomic E-state index is 13.1. The lowest BCUT2D eigenvalue weighted by Gasteiger charge is -2.20. The summed E-state index contributed by atoms with van der Waals surface area (Å²) in [6.45, 7) is 2.04. The lowest BCUT2D eigenvalue weighted by molar-refractivity contribution is -0.139. The van der Waals surface area contributed by atoms with E-state index in [9.17, 15) is 19.2 Å². The maximum Gasteiger partial charge on any atom is 0.316 e. The van der Waals surface area contributed by atoms with E-state index in [1.54, 1.807) is 41.3 Å². The summed E-state index contributed by atoms with van der Waals surface area (Å²) < 4.78 is 5.61. The molecule has 0 radical (unpaired) electrons. The van der Waals surface area contributed by atoms with Crippen LogP contribution in [-0.4, -0.2) is 30.2 Å². The monoisotopic (exact) mass is 492 g/mol. The molecule has 7 nitrogen and oxygen atoms in total. The first kappa shape index (κ1) is 22.3. The van der Waals surface area contributed by atoms with E-state index in [4.69, 9.17) is 16.3 Å². The standard InChI is InChI=1S/C27H25ClN2O5/c1-14-20(28)6-3-7-21(14)29-13-17(11-22(29)31)27(34)35-19-5-2-4-18(12-19)30-25(32)23-15-8-9-16(10-15)24(23)26(30)33/h2-7,12,15-17,23-24H,8-11,13H2,1H3/t15-,16-,17+,23-,24-/m0/s1. The van der Waals surface area contributed by atoms with Crippen LogP contribution in [0.1, 0.15) is 31.2 Å². The average molecular weight is 493 g/mol. The van der Waals surface area contributed by atoms with Crippen LogP contribution < -0.4 is 14.5 Å². The number of fused-ring (bicyclic) bond motifs is 5. The van der Waals surface area contributed by atoms with E-state index in [-0.39, 0.29) is 48.3 Å². The zero-order chi connectivity index (χ0) is 24.4. The Morgan fingerprint density at radius 3 is 2.40 bits per heavy atom. The molecule has 5 atom stereocenters. The Labute approximate surface area is 208 Å². The number of anilines is 2. The molecule has 2 aliphatic carbocycles. The third-order valence-electron chi connectivity index (χ3n) is 8.21. The van der Waals surface area contributed by atoms with Gasteiger partial charge in [0.05, 0.1) is 23.4 Å². The molecular formula is C27H25ClN2O5. The zero-order valence-corrected chi connectivity index (χ0v) is 20.0. The number of carbonyl (C=O) groups is 4. The van der Waals surface area contributed by atoms with Crippen LogP contribution in [-0.2, 0) is 19.2 Å². The summed E-state index contributed by atoms with van der Waals surface area (Å²) in [5, 5.41) is 0.557. The van der Waals surface area contributed by atoms with Gasteiger partial charge in [0.25, 0.3) is 0 Å². The van der Waals surface area contributed by atoms with E-state index < -0.39 is 11.9 Å². The van der Waals surface area contributed by atoms with E-state index >= 15 is 0 Å². The van der Waals surface area contributed by atoms with Crippen molar-refractivity contribution in [2.24, 2.45) is 29.6 Å². The summed E-state index contributed by atoms with van der Waals surface area (Å²) in [7, 11) is 0. The minimum absolute atomic E-state index is 0.0414. The first-order valence-corrected chi connectivity index (χ1v) is 12.5. The summed E-state index contributed by atoms with van der Waals surface area (Å²) in [6.07, 6.45) is 3.05. The minimum Gasteiger partial charge on any atom is -0.426 e. The Hall–Kier alpha value is -3.19. The SMILES string of the molecule is Cc1c(Cl)cccc1N1C[C@H](C(=O)Oc2cccc(N3C(=O)[C@H]4[C@H]5CC[C@@H](C5)[C@@H]4C3=O)c2)CC1=O. The van der Waals surface area contributed by atoms with Crippen molar-refractivity contribution in [3.63, 3.8) is 0 Å². The number of carbonyl (C=O) groups excluding carboxylic acids is 4. The number of halogens is 1. The number of hydrogen-bond acceptors (Lipinski definition) is 5. The minimum atomic E-state index is -0.630. The molecule has 2 saturated heterocycles. The van der Waals surface area contributed by atoms with Crippen LogP contribution in [0.2, 0.25) is 5.02 Å². The molecule has 2 saturated carbocycles. The fourth-order valence-electron chi connectivity index (χ4n) is 6.54. The summed E-state index contributed by atoms with van der Waals surface area (Å²) >= 11 is 6.20. The highest BCUT2D eigenvalue weighted by Crippen LogP contribution is 2.56. The van der Waals surface area contributed by atoms with Crippen LogP contribution in [0.5, 0.6) is 5.75 Å². The van der Waals surface area contributed by atoms with Gasteiger partial charge in [0, 0.05) is 29.7 Å². The van der Waals surface area contributed by atoms with Crippen molar-refractivity contribution in [2.75, 3.05) is 16.3 Å². The molecule has 180 valence electrons.